The molecule has 0 aliphatic carbocycles. The fourth-order valence-corrected chi connectivity index (χ4v) is 6.61. The monoisotopic (exact) mass is 788 g/mol. The lowest BCUT2D eigenvalue weighted by molar-refractivity contribution is 0.0575. The van der Waals surface area contributed by atoms with E-state index in [0.29, 0.717) is 29.7 Å². The third-order valence-corrected chi connectivity index (χ3v) is 9.42. The van der Waals surface area contributed by atoms with Gasteiger partial charge in [-0.3, -0.25) is 14.4 Å². The van der Waals surface area contributed by atoms with E-state index in [0.717, 1.165) is 11.7 Å². The van der Waals surface area contributed by atoms with Crippen molar-refractivity contribution in [2.75, 3.05) is 34.4 Å². The molecule has 2 N–H and O–H groups in total. The van der Waals surface area contributed by atoms with Crippen molar-refractivity contribution in [1.82, 2.24) is 19.4 Å². The number of aromatic hydroxyl groups is 2. The molecular weight excluding hydrogens is 757 g/mol. The molecule has 14 nitrogen and oxygen atoms in total. The predicted molar refractivity (Wildman–Crippen MR) is 188 cm³/mol. The molecule has 0 saturated heterocycles. The van der Waals surface area contributed by atoms with Crippen molar-refractivity contribution >= 4 is 47.0 Å². The third-order valence-electron chi connectivity index (χ3n) is 8.85. The molecule has 0 atom stereocenters. The molecule has 0 saturated carbocycles. The van der Waals surface area contributed by atoms with Gasteiger partial charge in [0.25, 0.3) is 23.3 Å². The van der Waals surface area contributed by atoms with Gasteiger partial charge in [-0.1, -0.05) is 35.3 Å². The number of fused-ring (bicyclic) bond motifs is 2. The number of pyridine rings is 2. The van der Waals surface area contributed by atoms with Crippen LogP contribution in [0.15, 0.2) is 41.2 Å². The first-order chi connectivity index (χ1) is 25.6. The Hall–Kier alpha value is -5.74. The number of hydrogen-bond donors (Lipinski definition) is 2. The number of carbonyl (C=O) groups is 4. The molecule has 2 aliphatic rings. The maximum absolute atomic E-state index is 13.4. The van der Waals surface area contributed by atoms with E-state index in [4.69, 9.17) is 32.7 Å². The van der Waals surface area contributed by atoms with E-state index in [2.05, 4.69) is 9.72 Å². The number of methoxy groups -OCH3 is 3. The highest BCUT2D eigenvalue weighted by Crippen LogP contribution is 2.36. The summed E-state index contributed by atoms with van der Waals surface area (Å²) >= 11 is 11.6. The predicted octanol–water partition coefficient (Wildman–Crippen LogP) is 4.44. The number of nitrogens with zero attached hydrogens (tertiary/aromatic N) is 4. The van der Waals surface area contributed by atoms with Crippen molar-refractivity contribution in [2.45, 2.75) is 25.9 Å². The smallest absolute Gasteiger partial charge is 0.357 e. The number of rotatable bonds is 7. The Morgan fingerprint density at radius 3 is 1.78 bits per heavy atom. The average Bonchev–Trinajstić information content (AvgIpc) is 3.15. The topological polar surface area (TPSA) is 178 Å². The lowest BCUT2D eigenvalue weighted by Gasteiger charge is -2.31. The maximum atomic E-state index is 13.4. The summed E-state index contributed by atoms with van der Waals surface area (Å²) in [5, 5.41) is 19.7. The quantitative estimate of drug-likeness (QED) is 0.253. The van der Waals surface area contributed by atoms with E-state index < -0.39 is 52.6 Å². The molecule has 4 heterocycles. The number of halogens is 4. The van der Waals surface area contributed by atoms with Gasteiger partial charge < -0.3 is 38.8 Å². The molecule has 6 rings (SSSR count). The van der Waals surface area contributed by atoms with Crippen molar-refractivity contribution in [1.29, 1.82) is 0 Å². The molecule has 2 amide bonds. The second-order valence-corrected chi connectivity index (χ2v) is 12.8. The zero-order valence-corrected chi connectivity index (χ0v) is 30.7. The highest BCUT2D eigenvalue weighted by Gasteiger charge is 2.36. The molecule has 0 radical (unpaired) electrons. The normalized spacial score (nSPS) is 13.4. The van der Waals surface area contributed by atoms with Gasteiger partial charge in [0.1, 0.15) is 17.3 Å². The minimum atomic E-state index is -0.829. The SMILES string of the molecule is COC(=O)c1c2c(c(OC)c(=O)n1C)C(=O)N(Cc1ccc(F)c(Cl)c1)CC2.COC(=O)c1nc(O)c(O)c2c1CCN(Cc1ccc(F)c(Cl)c1)C2=O. The van der Waals surface area contributed by atoms with Gasteiger partial charge in [-0.05, 0) is 48.2 Å². The van der Waals surface area contributed by atoms with E-state index in [1.54, 1.807) is 0 Å². The van der Waals surface area contributed by atoms with Crippen molar-refractivity contribution in [3.8, 4) is 17.4 Å². The highest BCUT2D eigenvalue weighted by molar-refractivity contribution is 6.31. The van der Waals surface area contributed by atoms with Gasteiger partial charge in [0.05, 0.1) is 42.5 Å². The summed E-state index contributed by atoms with van der Waals surface area (Å²) in [6.07, 6.45) is 0.548. The standard InChI is InChI=1S/C19H18ClFN2O5.C17H14ClFN2O5/c1-22-15(19(26)28-3)11-6-7-23(9-10-4-5-13(21)12(20)8-10)17(24)14(11)16(27-2)18(22)25;1-26-17(25)13-9-4-5-21(7-8-2-3-11(19)10(18)6-8)16(24)12(9)14(22)15(23)20-13/h4-5,8H,6-7,9H2,1-3H3;2-3,6,22H,4-5,7H2,1H3,(H,20,23). The summed E-state index contributed by atoms with van der Waals surface area (Å²) in [5.41, 5.74) is 0.911. The molecule has 2 aromatic heterocycles. The second kappa shape index (κ2) is 16.1. The molecule has 18 heteroatoms. The number of carbonyl (C=O) groups excluding carboxylic acids is 4. The number of hydrogen-bond acceptors (Lipinski definition) is 11. The summed E-state index contributed by atoms with van der Waals surface area (Å²) in [6, 6.07) is 8.30. The van der Waals surface area contributed by atoms with Gasteiger partial charge in [-0.25, -0.2) is 23.4 Å². The third kappa shape index (κ3) is 7.52. The van der Waals surface area contributed by atoms with Crippen LogP contribution in [-0.2, 0) is 42.5 Å². The first-order valence-electron chi connectivity index (χ1n) is 16.0. The Kier molecular flexibility index (Phi) is 11.8. The minimum Gasteiger partial charge on any atom is -0.503 e. The Bertz CT molecular complexity index is 2270. The zero-order valence-electron chi connectivity index (χ0n) is 29.2. The number of aromatic nitrogens is 2. The lowest BCUT2D eigenvalue weighted by atomic mass is 9.95. The van der Waals surface area contributed by atoms with Crippen molar-refractivity contribution in [2.24, 2.45) is 7.05 Å². The molecule has 54 heavy (non-hydrogen) atoms. The molecule has 4 aromatic rings. The van der Waals surface area contributed by atoms with Gasteiger partial charge in [-0.15, -0.1) is 0 Å². The van der Waals surface area contributed by atoms with Crippen LogP contribution < -0.4 is 10.3 Å². The number of esters is 2. The van der Waals surface area contributed by atoms with Crippen LogP contribution in [0.25, 0.3) is 0 Å². The zero-order chi connectivity index (χ0) is 39.6. The van der Waals surface area contributed by atoms with Crippen LogP contribution in [0.3, 0.4) is 0 Å². The highest BCUT2D eigenvalue weighted by atomic mass is 35.5. The lowest BCUT2D eigenvalue weighted by Crippen LogP contribution is -2.41. The Morgan fingerprint density at radius 1 is 0.796 bits per heavy atom. The van der Waals surface area contributed by atoms with Crippen LogP contribution in [0.4, 0.5) is 8.78 Å². The summed E-state index contributed by atoms with van der Waals surface area (Å²) in [7, 11) is 5.07. The molecule has 0 unspecified atom stereocenters. The molecule has 284 valence electrons. The van der Waals surface area contributed by atoms with Crippen molar-refractivity contribution in [3.63, 3.8) is 0 Å². The van der Waals surface area contributed by atoms with Crippen LogP contribution in [0.2, 0.25) is 10.0 Å². The van der Waals surface area contributed by atoms with Crippen molar-refractivity contribution in [3.05, 3.63) is 113 Å². The maximum Gasteiger partial charge on any atom is 0.357 e. The van der Waals surface area contributed by atoms with Gasteiger partial charge >= 0.3 is 11.9 Å². The van der Waals surface area contributed by atoms with Gasteiger partial charge in [0, 0.05) is 44.4 Å². The Balaban J connectivity index is 0.000000208. The van der Waals surface area contributed by atoms with Crippen LogP contribution in [0.1, 0.15) is 63.9 Å². The number of ether oxygens (including phenoxy) is 3. The largest absolute Gasteiger partial charge is 0.503 e. The van der Waals surface area contributed by atoms with Crippen LogP contribution >= 0.6 is 23.2 Å². The van der Waals surface area contributed by atoms with Gasteiger partial charge in [-0.2, -0.15) is 0 Å². The molecule has 0 fully saturated rings. The number of amides is 2. The van der Waals surface area contributed by atoms with E-state index in [1.165, 1.54) is 67.5 Å². The fraction of sp³-hybridized carbons (Fsp3) is 0.278. The molecular formula is C36H32Cl2F2N4O10. The van der Waals surface area contributed by atoms with E-state index in [9.17, 15) is 43.0 Å². The summed E-state index contributed by atoms with van der Waals surface area (Å²) in [4.78, 5) is 69.1. The fourth-order valence-electron chi connectivity index (χ4n) is 6.20. The first kappa shape index (κ1) is 39.5. The summed E-state index contributed by atoms with van der Waals surface area (Å²) < 4.78 is 42.4. The van der Waals surface area contributed by atoms with Gasteiger partial charge in [0.2, 0.25) is 0 Å². The minimum absolute atomic E-state index is 0.0288. The van der Waals surface area contributed by atoms with Crippen LogP contribution in [-0.4, -0.2) is 87.7 Å². The molecule has 0 bridgehead atoms. The first-order valence-corrected chi connectivity index (χ1v) is 16.8. The van der Waals surface area contributed by atoms with Gasteiger partial charge in [0.15, 0.2) is 17.2 Å². The van der Waals surface area contributed by atoms with Crippen molar-refractivity contribution < 1.29 is 52.4 Å². The van der Waals surface area contributed by atoms with E-state index in [-0.39, 0.29) is 69.9 Å². The molecule has 2 aliphatic heterocycles. The Labute approximate surface area is 316 Å². The molecule has 2 aromatic carbocycles. The van der Waals surface area contributed by atoms with Crippen LogP contribution in [0, 0.1) is 11.6 Å². The average molecular weight is 790 g/mol. The Morgan fingerprint density at radius 2 is 1.30 bits per heavy atom. The van der Waals surface area contributed by atoms with E-state index in [1.807, 2.05) is 0 Å². The summed E-state index contributed by atoms with van der Waals surface area (Å²) in [6.45, 7) is 0.821. The van der Waals surface area contributed by atoms with E-state index >= 15 is 0 Å². The molecule has 0 spiro atoms. The number of benzene rings is 2. The second-order valence-electron chi connectivity index (χ2n) is 12.0. The van der Waals surface area contributed by atoms with Crippen LogP contribution in [0.5, 0.6) is 17.4 Å². The summed E-state index contributed by atoms with van der Waals surface area (Å²) in [5.74, 6) is -5.34.